The van der Waals surface area contributed by atoms with Crippen LogP contribution in [0.5, 0.6) is 0 Å². The van der Waals surface area contributed by atoms with Crippen LogP contribution < -0.4 is 4.90 Å². The van der Waals surface area contributed by atoms with Crippen LogP contribution in [0.15, 0.2) is 18.3 Å². The predicted octanol–water partition coefficient (Wildman–Crippen LogP) is 3.10. The number of pyridine rings is 1. The fourth-order valence-electron chi connectivity index (χ4n) is 3.92. The monoisotopic (exact) mass is 331 g/mol. The van der Waals surface area contributed by atoms with Gasteiger partial charge < -0.3 is 9.64 Å². The van der Waals surface area contributed by atoms with Crippen molar-refractivity contribution >= 4 is 11.8 Å². The van der Waals surface area contributed by atoms with Crippen molar-refractivity contribution in [1.29, 1.82) is 0 Å². The summed E-state index contributed by atoms with van der Waals surface area (Å²) in [6, 6.07) is 4.22. The van der Waals surface area contributed by atoms with E-state index in [9.17, 15) is 4.79 Å². The number of carbonyl (C=O) groups excluding carboxylic acids is 1. The van der Waals surface area contributed by atoms with E-state index in [-0.39, 0.29) is 5.97 Å². The van der Waals surface area contributed by atoms with Crippen LogP contribution in [0.4, 0.5) is 5.82 Å². The van der Waals surface area contributed by atoms with E-state index in [0.717, 1.165) is 25.3 Å². The standard InChI is InChI=1S/C19H29N3O2/c1-2-24-19(23)17-10-7-11-20-18(17)22-14-8-9-16(15-22)21-12-5-3-4-6-13-21/h7,10-11,16H,2-6,8-9,12-15H2,1H3. The lowest BCUT2D eigenvalue weighted by Gasteiger charge is -2.40. The van der Waals surface area contributed by atoms with E-state index in [1.54, 1.807) is 6.20 Å². The highest BCUT2D eigenvalue weighted by atomic mass is 16.5. The summed E-state index contributed by atoms with van der Waals surface area (Å²) in [4.78, 5) is 21.7. The van der Waals surface area contributed by atoms with Crippen LogP contribution in [0.25, 0.3) is 0 Å². The molecule has 0 saturated carbocycles. The zero-order valence-corrected chi connectivity index (χ0v) is 14.7. The Morgan fingerprint density at radius 3 is 2.75 bits per heavy atom. The van der Waals surface area contributed by atoms with Gasteiger partial charge in [0, 0.05) is 25.3 Å². The number of carbonyl (C=O) groups is 1. The number of aromatic nitrogens is 1. The van der Waals surface area contributed by atoms with Gasteiger partial charge in [-0.2, -0.15) is 0 Å². The number of piperidine rings is 1. The van der Waals surface area contributed by atoms with Gasteiger partial charge in [-0.05, 0) is 57.8 Å². The maximum absolute atomic E-state index is 12.2. The Labute approximate surface area is 145 Å². The third kappa shape index (κ3) is 4.07. The van der Waals surface area contributed by atoms with Gasteiger partial charge in [-0.15, -0.1) is 0 Å². The zero-order chi connectivity index (χ0) is 16.8. The Bertz CT molecular complexity index is 541. The molecule has 2 fully saturated rings. The van der Waals surface area contributed by atoms with Crippen LogP contribution in [-0.4, -0.2) is 54.7 Å². The molecule has 5 nitrogen and oxygen atoms in total. The van der Waals surface area contributed by atoms with Gasteiger partial charge in [-0.1, -0.05) is 12.8 Å². The first kappa shape index (κ1) is 17.2. The van der Waals surface area contributed by atoms with Crippen molar-refractivity contribution in [3.8, 4) is 0 Å². The maximum Gasteiger partial charge on any atom is 0.341 e. The van der Waals surface area contributed by atoms with E-state index in [4.69, 9.17) is 4.74 Å². The minimum Gasteiger partial charge on any atom is -0.462 e. The lowest BCUT2D eigenvalue weighted by molar-refractivity contribution is 0.0526. The van der Waals surface area contributed by atoms with Gasteiger partial charge >= 0.3 is 5.97 Å². The Morgan fingerprint density at radius 2 is 2.00 bits per heavy atom. The molecule has 0 radical (unpaired) electrons. The van der Waals surface area contributed by atoms with Crippen molar-refractivity contribution in [1.82, 2.24) is 9.88 Å². The van der Waals surface area contributed by atoms with Crippen LogP contribution in [0, 0.1) is 0 Å². The van der Waals surface area contributed by atoms with E-state index < -0.39 is 0 Å². The van der Waals surface area contributed by atoms with E-state index in [2.05, 4.69) is 14.8 Å². The second-order valence-corrected chi connectivity index (χ2v) is 6.79. The molecular weight excluding hydrogens is 302 g/mol. The molecule has 0 aromatic carbocycles. The molecule has 2 saturated heterocycles. The van der Waals surface area contributed by atoms with E-state index in [1.807, 2.05) is 19.1 Å². The summed E-state index contributed by atoms with van der Waals surface area (Å²) in [5.74, 6) is 0.521. The Hall–Kier alpha value is -1.62. The minimum absolute atomic E-state index is 0.266. The van der Waals surface area contributed by atoms with Gasteiger partial charge in [-0.3, -0.25) is 4.90 Å². The summed E-state index contributed by atoms with van der Waals surface area (Å²) in [7, 11) is 0. The van der Waals surface area contributed by atoms with Crippen molar-refractivity contribution in [3.05, 3.63) is 23.9 Å². The Morgan fingerprint density at radius 1 is 1.21 bits per heavy atom. The highest BCUT2D eigenvalue weighted by Crippen LogP contribution is 2.25. The van der Waals surface area contributed by atoms with Gasteiger partial charge in [0.15, 0.2) is 0 Å². The summed E-state index contributed by atoms with van der Waals surface area (Å²) >= 11 is 0. The van der Waals surface area contributed by atoms with Crippen molar-refractivity contribution in [3.63, 3.8) is 0 Å². The van der Waals surface area contributed by atoms with E-state index >= 15 is 0 Å². The third-order valence-corrected chi connectivity index (χ3v) is 5.14. The first-order chi connectivity index (χ1) is 11.8. The van der Waals surface area contributed by atoms with Crippen LogP contribution in [-0.2, 0) is 4.74 Å². The molecule has 3 heterocycles. The summed E-state index contributed by atoms with van der Waals surface area (Å²) in [6.45, 7) is 6.59. The molecule has 0 bridgehead atoms. The largest absolute Gasteiger partial charge is 0.462 e. The molecule has 132 valence electrons. The number of nitrogens with zero attached hydrogens (tertiary/aromatic N) is 3. The molecule has 0 amide bonds. The van der Waals surface area contributed by atoms with E-state index in [0.29, 0.717) is 18.2 Å². The number of ether oxygens (including phenoxy) is 1. The Kier molecular flexibility index (Phi) is 6.07. The van der Waals surface area contributed by atoms with Crippen molar-refractivity contribution in [2.75, 3.05) is 37.7 Å². The van der Waals surface area contributed by atoms with Gasteiger partial charge in [0.2, 0.25) is 0 Å². The highest BCUT2D eigenvalue weighted by molar-refractivity contribution is 5.94. The topological polar surface area (TPSA) is 45.7 Å². The average molecular weight is 331 g/mol. The number of hydrogen-bond donors (Lipinski definition) is 0. The molecule has 3 rings (SSSR count). The molecule has 5 heteroatoms. The van der Waals surface area contributed by atoms with Crippen molar-refractivity contribution < 1.29 is 9.53 Å². The number of anilines is 1. The van der Waals surface area contributed by atoms with Crippen molar-refractivity contribution in [2.45, 2.75) is 51.5 Å². The molecule has 0 N–H and O–H groups in total. The zero-order valence-electron chi connectivity index (χ0n) is 14.7. The lowest BCUT2D eigenvalue weighted by atomic mass is 10.0. The van der Waals surface area contributed by atoms with Crippen LogP contribution in [0.2, 0.25) is 0 Å². The van der Waals surface area contributed by atoms with Crippen LogP contribution in [0.1, 0.15) is 55.8 Å². The predicted molar refractivity (Wildman–Crippen MR) is 95.5 cm³/mol. The maximum atomic E-state index is 12.2. The molecule has 1 atom stereocenters. The van der Waals surface area contributed by atoms with Gasteiger partial charge in [0.1, 0.15) is 11.4 Å². The molecule has 0 aliphatic carbocycles. The molecule has 1 aromatic heterocycles. The summed E-state index contributed by atoms with van der Waals surface area (Å²) in [5.41, 5.74) is 0.593. The van der Waals surface area contributed by atoms with Crippen LogP contribution in [0.3, 0.4) is 0 Å². The fourth-order valence-corrected chi connectivity index (χ4v) is 3.92. The summed E-state index contributed by atoms with van der Waals surface area (Å²) in [6.07, 6.45) is 9.52. The number of hydrogen-bond acceptors (Lipinski definition) is 5. The SMILES string of the molecule is CCOC(=O)c1cccnc1N1CCCC(N2CCCCCC2)C1. The minimum atomic E-state index is -0.266. The normalized spacial score (nSPS) is 22.9. The molecule has 24 heavy (non-hydrogen) atoms. The first-order valence-corrected chi connectivity index (χ1v) is 9.40. The second-order valence-electron chi connectivity index (χ2n) is 6.79. The molecule has 2 aliphatic rings. The molecule has 0 spiro atoms. The average Bonchev–Trinajstić information content (AvgIpc) is 2.91. The molecular formula is C19H29N3O2. The highest BCUT2D eigenvalue weighted by Gasteiger charge is 2.28. The first-order valence-electron chi connectivity index (χ1n) is 9.40. The van der Waals surface area contributed by atoms with Crippen LogP contribution >= 0.6 is 0 Å². The van der Waals surface area contributed by atoms with Crippen molar-refractivity contribution in [2.24, 2.45) is 0 Å². The quantitative estimate of drug-likeness (QED) is 0.793. The molecule has 1 unspecified atom stereocenters. The lowest BCUT2D eigenvalue weighted by Crippen LogP contribution is -2.49. The number of esters is 1. The fraction of sp³-hybridized carbons (Fsp3) is 0.684. The summed E-state index contributed by atoms with van der Waals surface area (Å²) < 4.78 is 5.20. The van der Waals surface area contributed by atoms with Gasteiger partial charge in [0.25, 0.3) is 0 Å². The third-order valence-electron chi connectivity index (χ3n) is 5.14. The van der Waals surface area contributed by atoms with E-state index in [1.165, 1.54) is 45.2 Å². The van der Waals surface area contributed by atoms with Gasteiger partial charge in [0.05, 0.1) is 6.61 Å². The molecule has 2 aliphatic heterocycles. The smallest absolute Gasteiger partial charge is 0.341 e. The second kappa shape index (κ2) is 8.47. The molecule has 1 aromatic rings. The summed E-state index contributed by atoms with van der Waals surface area (Å²) in [5, 5.41) is 0. The Balaban J connectivity index is 1.73. The number of likely N-dealkylation sites (tertiary alicyclic amines) is 1. The van der Waals surface area contributed by atoms with Gasteiger partial charge in [-0.25, -0.2) is 9.78 Å². The number of rotatable bonds is 4.